The van der Waals surface area contributed by atoms with Crippen molar-refractivity contribution >= 4 is 182 Å². The Bertz CT molecular complexity index is 6430. The summed E-state index contributed by atoms with van der Waals surface area (Å²) in [5.41, 5.74) is 63.9. The second-order valence-corrected chi connectivity index (χ2v) is 33.1. The van der Waals surface area contributed by atoms with Crippen molar-refractivity contribution in [3.8, 4) is 0 Å². The zero-order valence-corrected chi connectivity index (χ0v) is 74.5. The molecule has 2 aliphatic heterocycles. The van der Waals surface area contributed by atoms with Crippen LogP contribution >= 0.6 is 22.7 Å². The summed E-state index contributed by atoms with van der Waals surface area (Å²) in [5.74, 6) is 5.90. The fourth-order valence-corrected chi connectivity index (χ4v) is 15.8. The first kappa shape index (κ1) is 89.1. The van der Waals surface area contributed by atoms with Gasteiger partial charge < -0.3 is 74.6 Å². The molecule has 646 valence electrons. The molecule has 22 N–H and O–H groups in total. The van der Waals surface area contributed by atoms with E-state index in [4.69, 9.17) is 49.0 Å². The Morgan fingerprint density at radius 2 is 0.969 bits per heavy atom. The van der Waals surface area contributed by atoms with Crippen LogP contribution in [0.4, 0.5) is 52.0 Å². The van der Waals surface area contributed by atoms with Crippen LogP contribution in [-0.4, -0.2) is 98.7 Å². The second kappa shape index (κ2) is 41.5. The maximum absolute atomic E-state index is 5.74. The molecule has 0 radical (unpaired) electrons. The number of aromatic amines is 6. The fourth-order valence-electron chi connectivity index (χ4n) is 14.0. The van der Waals surface area contributed by atoms with Gasteiger partial charge in [0.1, 0.15) is 62.7 Å². The molecule has 18 heterocycles. The highest BCUT2D eigenvalue weighted by atomic mass is 32.1. The molecule has 0 aliphatic carbocycles. The zero-order chi connectivity index (χ0) is 89.8. The Labute approximate surface area is 741 Å². The van der Waals surface area contributed by atoms with Gasteiger partial charge in [-0.05, 0) is 250 Å². The molecule has 0 unspecified atom stereocenters. The molecule has 16 aromatic heterocycles. The Kier molecular flexibility index (Phi) is 29.1. The van der Waals surface area contributed by atoms with Crippen LogP contribution in [0.5, 0.6) is 0 Å². The van der Waals surface area contributed by atoms with Crippen LogP contribution < -0.4 is 50.8 Å². The van der Waals surface area contributed by atoms with Crippen LogP contribution in [0.2, 0.25) is 0 Å². The largest absolute Gasteiger partial charge is 0.461 e. The molecule has 28 nitrogen and oxygen atoms in total. The van der Waals surface area contributed by atoms with Gasteiger partial charge in [-0.15, -0.1) is 22.7 Å². The number of nitrogen functional groups attached to an aromatic ring is 7. The van der Waals surface area contributed by atoms with E-state index < -0.39 is 0 Å². The van der Waals surface area contributed by atoms with Gasteiger partial charge in [0.05, 0.1) is 55.8 Å². The minimum absolute atomic E-state index is 0.454. The molecule has 22 aromatic rings. The van der Waals surface area contributed by atoms with Crippen molar-refractivity contribution in [1.82, 2.24) is 85.6 Å². The number of furan rings is 2. The zero-order valence-electron chi connectivity index (χ0n) is 72.9. The Hall–Kier alpha value is -15.7. The first-order chi connectivity index (χ1) is 61.2. The van der Waals surface area contributed by atoms with Crippen LogP contribution in [0.25, 0.3) is 108 Å². The number of anilines is 9. The standard InChI is InChI=1S/C9H10N2.2C9H11N.C8H9N3.2C8H8N2O.2C8H8N2S.2C8H8N2.C7H8N4.C7H7N3/c1-6-5-7-3-2-4-8(10)9(7)11-6;1-7-2-3-9-8(6-7)4-5-10-9;1-7-2-3-8-4-5-10-9(8)6-7;2*1-5-4-6-7(11-5)2-3-10-8(6)9;1-5-4-6-2-3-10-8(9)7(6)11-5;1-5-4-6-7(11-5)2-3-10-8(6)9;1-5-4-6-2-3-10-8(9)7(6)11-5;1-6-2-3-8-7(4-6)5-9-10-8;1-6-2-3-7-5-9-10-8(7)4-6;1-4-10-5-2-3-9-7(8)6(5)11-4;1-5-2-3-6-7(4-5)9-10-8-6/h2-5,11H,10H2,1H3;2*2-3,6,10H,4-5H2,1H3;2-4,11H,1H3,(H2,9,10);4*2-4H,1H3,(H2,9,10);2*2-5H,1H3,(H,9,10);2-3H,1H3,(H2,8,9)(H,10,11);2-4H,1H3,(H,8,9,10). The first-order valence-corrected chi connectivity index (χ1v) is 42.6. The number of pyridine rings is 6. The summed E-state index contributed by atoms with van der Waals surface area (Å²) >= 11 is 3.44. The maximum Gasteiger partial charge on any atom is 0.176 e. The third-order valence-electron chi connectivity index (χ3n) is 20.1. The van der Waals surface area contributed by atoms with Crippen molar-refractivity contribution in [2.45, 2.75) is 95.9 Å². The Morgan fingerprint density at radius 3 is 1.72 bits per heavy atom. The lowest BCUT2D eigenvalue weighted by Gasteiger charge is -1.98. The number of nitrogens with two attached hydrogens (primary N) is 7. The SMILES string of the molecule is Cc1cc2c(N)nccc2[nH]1.Cc1cc2c(N)nccc2o1.Cc1cc2c(N)nccc2s1.Cc1cc2cccc(N)c2[nH]1.Cc1cc2ccnc(N)c2o1.Cc1cc2ccnc(N)c2s1.Cc1ccc2[nH]ncc2c1.Cc1ccc2c(c1)CCN2.Cc1ccc2c(c1)NCC2.Cc1ccc2cn[nH]c2c1.Cc1ccc2n[nH]nc2c1.Cc1nc2c(N)nccc2[nH]1. The van der Waals surface area contributed by atoms with Crippen molar-refractivity contribution in [2.24, 2.45) is 0 Å². The Balaban J connectivity index is 0.000000119. The van der Waals surface area contributed by atoms with Crippen LogP contribution in [0.1, 0.15) is 77.4 Å². The van der Waals surface area contributed by atoms with E-state index in [9.17, 15) is 0 Å². The summed E-state index contributed by atoms with van der Waals surface area (Å²) in [4.78, 5) is 39.9. The molecule has 0 amide bonds. The van der Waals surface area contributed by atoms with E-state index in [2.05, 4.69) is 229 Å². The summed E-state index contributed by atoms with van der Waals surface area (Å²) in [5, 5.41) is 39.5. The summed E-state index contributed by atoms with van der Waals surface area (Å²) in [6.45, 7) is 26.5. The minimum Gasteiger partial charge on any atom is -0.461 e. The van der Waals surface area contributed by atoms with E-state index in [0.717, 1.165) is 123 Å². The highest BCUT2D eigenvalue weighted by Gasteiger charge is 2.12. The smallest absolute Gasteiger partial charge is 0.176 e. The number of para-hydroxylation sites is 1. The molecule has 0 saturated carbocycles. The molecule has 0 spiro atoms. The molecular weight excluding hydrogens is 1630 g/mol. The predicted octanol–water partition coefficient (Wildman–Crippen LogP) is 21.1. The van der Waals surface area contributed by atoms with E-state index in [1.165, 1.54) is 99.2 Å². The molecule has 6 aromatic carbocycles. The number of aromatic nitrogens is 17. The lowest BCUT2D eigenvalue weighted by atomic mass is 10.1. The van der Waals surface area contributed by atoms with Gasteiger partial charge in [0, 0.05) is 120 Å². The number of imidazole rings is 1. The van der Waals surface area contributed by atoms with Crippen molar-refractivity contribution in [1.29, 1.82) is 0 Å². The van der Waals surface area contributed by atoms with Crippen LogP contribution in [0, 0.1) is 83.1 Å². The van der Waals surface area contributed by atoms with Crippen molar-refractivity contribution in [2.75, 3.05) is 63.9 Å². The number of hydrogen-bond acceptors (Lipinski definition) is 24. The monoisotopic (exact) mass is 1730 g/mol. The molecule has 0 saturated heterocycles. The quantitative estimate of drug-likeness (QED) is 0.0627. The molecule has 0 atom stereocenters. The predicted molar refractivity (Wildman–Crippen MR) is 527 cm³/mol. The van der Waals surface area contributed by atoms with Gasteiger partial charge in [0.2, 0.25) is 0 Å². The topological polar surface area (TPSA) is 469 Å². The van der Waals surface area contributed by atoms with E-state index >= 15 is 0 Å². The summed E-state index contributed by atoms with van der Waals surface area (Å²) < 4.78 is 13.0. The molecule has 0 bridgehead atoms. The van der Waals surface area contributed by atoms with Crippen LogP contribution in [0.3, 0.4) is 0 Å². The number of rotatable bonds is 0. The van der Waals surface area contributed by atoms with E-state index in [1.54, 1.807) is 65.9 Å². The summed E-state index contributed by atoms with van der Waals surface area (Å²) in [6.07, 6.45) is 16.2. The van der Waals surface area contributed by atoms with E-state index in [0.29, 0.717) is 40.5 Å². The number of benzene rings is 6. The average molecular weight is 1730 g/mol. The number of aryl methyl sites for hydroxylation is 12. The molecular formula is C97H104N26O2S2. The van der Waals surface area contributed by atoms with Crippen LogP contribution in [0.15, 0.2) is 240 Å². The normalized spacial score (nSPS) is 11.2. The highest BCUT2D eigenvalue weighted by Crippen LogP contribution is 2.31. The highest BCUT2D eigenvalue weighted by molar-refractivity contribution is 7.19. The van der Waals surface area contributed by atoms with Gasteiger partial charge in [0.15, 0.2) is 17.2 Å². The number of thiophene rings is 2. The molecule has 2 aliphatic rings. The molecule has 24 rings (SSSR count). The van der Waals surface area contributed by atoms with Gasteiger partial charge in [-0.3, -0.25) is 10.2 Å². The third-order valence-corrected chi connectivity index (χ3v) is 22.2. The molecule has 127 heavy (non-hydrogen) atoms. The summed E-state index contributed by atoms with van der Waals surface area (Å²) in [7, 11) is 0. The summed E-state index contributed by atoms with van der Waals surface area (Å²) in [6, 6.07) is 61.0. The first-order valence-electron chi connectivity index (χ1n) is 41.0. The number of H-pyrrole nitrogens is 6. The van der Waals surface area contributed by atoms with Crippen molar-refractivity contribution < 1.29 is 8.83 Å². The van der Waals surface area contributed by atoms with Gasteiger partial charge in [-0.2, -0.15) is 25.6 Å². The minimum atomic E-state index is 0.454. The van der Waals surface area contributed by atoms with Crippen molar-refractivity contribution in [3.63, 3.8) is 0 Å². The Morgan fingerprint density at radius 1 is 0.370 bits per heavy atom. The van der Waals surface area contributed by atoms with Gasteiger partial charge in [0.25, 0.3) is 0 Å². The number of nitrogens with one attached hydrogen (secondary N) is 8. The number of nitrogens with zero attached hydrogens (tertiary/aromatic N) is 11. The van der Waals surface area contributed by atoms with Gasteiger partial charge in [-0.1, -0.05) is 71.8 Å². The molecule has 30 heteroatoms. The maximum atomic E-state index is 5.74. The van der Waals surface area contributed by atoms with Crippen molar-refractivity contribution in [3.05, 3.63) is 309 Å². The van der Waals surface area contributed by atoms with Gasteiger partial charge in [-0.25, -0.2) is 34.9 Å². The third kappa shape index (κ3) is 23.8. The number of hydrogen-bond donors (Lipinski definition) is 15. The lowest BCUT2D eigenvalue weighted by molar-refractivity contribution is 0.578. The van der Waals surface area contributed by atoms with E-state index in [1.807, 2.05) is 139 Å². The lowest BCUT2D eigenvalue weighted by Crippen LogP contribution is -1.90. The molecule has 0 fully saturated rings. The van der Waals surface area contributed by atoms with Crippen LogP contribution in [-0.2, 0) is 12.8 Å². The van der Waals surface area contributed by atoms with Gasteiger partial charge >= 0.3 is 0 Å². The fraction of sp³-hybridized carbons (Fsp3) is 0.165. The number of fused-ring (bicyclic) bond motifs is 12. The van der Waals surface area contributed by atoms with E-state index in [-0.39, 0.29) is 0 Å². The second-order valence-electron chi connectivity index (χ2n) is 30.6. The average Bonchev–Trinajstić information content (AvgIpc) is 1.69.